The second kappa shape index (κ2) is 9.33. The number of carbonyl (C=O) groups is 1. The van der Waals surface area contributed by atoms with Gasteiger partial charge in [-0.15, -0.1) is 0 Å². The highest BCUT2D eigenvalue weighted by molar-refractivity contribution is 5.91. The van der Waals surface area contributed by atoms with Crippen molar-refractivity contribution >= 4 is 11.6 Å². The minimum absolute atomic E-state index is 0.0555. The number of aliphatic hydroxyl groups is 1. The molecule has 0 spiro atoms. The third kappa shape index (κ3) is 6.57. The van der Waals surface area contributed by atoms with Gasteiger partial charge in [0.1, 0.15) is 5.75 Å². The first-order valence-electron chi connectivity index (χ1n) is 6.90. The Bertz CT molecular complexity index is 421. The van der Waals surface area contributed by atoms with E-state index in [9.17, 15) is 9.90 Å². The van der Waals surface area contributed by atoms with Crippen LogP contribution in [-0.2, 0) is 14.3 Å². The Kier molecular flexibility index (Phi) is 7.74. The molecule has 6 heteroatoms. The van der Waals surface area contributed by atoms with Crippen LogP contribution >= 0.6 is 0 Å². The number of benzene rings is 1. The standard InChI is InChI=1S/C15H23NO5/c1-4-20-11(2)21-14(10-17)9-15(18)16-12-5-7-13(19-3)8-6-12/h5-8,11,14,17H,4,9-10H2,1-3H3,(H,16,18)/t11?,14-/m0/s1. The third-order valence-electron chi connectivity index (χ3n) is 2.78. The van der Waals surface area contributed by atoms with Gasteiger partial charge in [-0.2, -0.15) is 0 Å². The molecule has 0 radical (unpaired) electrons. The van der Waals surface area contributed by atoms with Crippen molar-refractivity contribution in [1.29, 1.82) is 0 Å². The van der Waals surface area contributed by atoms with E-state index >= 15 is 0 Å². The molecule has 1 aromatic rings. The van der Waals surface area contributed by atoms with Gasteiger partial charge in [0.2, 0.25) is 5.91 Å². The van der Waals surface area contributed by atoms with Crippen LogP contribution in [0.1, 0.15) is 20.3 Å². The number of aliphatic hydroxyl groups excluding tert-OH is 1. The van der Waals surface area contributed by atoms with Crippen LogP contribution in [0.4, 0.5) is 5.69 Å². The summed E-state index contributed by atoms with van der Waals surface area (Å²) < 4.78 is 15.7. The average Bonchev–Trinajstić information content (AvgIpc) is 2.47. The SMILES string of the molecule is CCOC(C)O[C@H](CO)CC(=O)Nc1ccc(OC)cc1. The molecule has 2 N–H and O–H groups in total. The zero-order valence-corrected chi connectivity index (χ0v) is 12.7. The number of carbonyl (C=O) groups excluding carboxylic acids is 1. The summed E-state index contributed by atoms with van der Waals surface area (Å²) in [7, 11) is 1.58. The summed E-state index contributed by atoms with van der Waals surface area (Å²) >= 11 is 0. The minimum Gasteiger partial charge on any atom is -0.497 e. The minimum atomic E-state index is -0.593. The molecule has 0 aliphatic heterocycles. The Morgan fingerprint density at radius 3 is 2.52 bits per heavy atom. The summed E-state index contributed by atoms with van der Waals surface area (Å²) in [5.41, 5.74) is 0.662. The lowest BCUT2D eigenvalue weighted by atomic mass is 10.2. The molecule has 1 rings (SSSR count). The molecule has 1 aromatic carbocycles. The number of nitrogens with one attached hydrogen (secondary N) is 1. The normalized spacial score (nSPS) is 13.5. The summed E-state index contributed by atoms with van der Waals surface area (Å²) in [6.45, 7) is 3.85. The van der Waals surface area contributed by atoms with Crippen molar-refractivity contribution in [2.75, 3.05) is 25.6 Å². The average molecular weight is 297 g/mol. The van der Waals surface area contributed by atoms with Crippen LogP contribution in [0.2, 0.25) is 0 Å². The van der Waals surface area contributed by atoms with Gasteiger partial charge in [0.05, 0.1) is 26.2 Å². The molecular weight excluding hydrogens is 274 g/mol. The fourth-order valence-electron chi connectivity index (χ4n) is 1.79. The molecule has 0 heterocycles. The first-order chi connectivity index (χ1) is 10.1. The Hall–Kier alpha value is -1.63. The number of methoxy groups -OCH3 is 1. The summed E-state index contributed by atoms with van der Waals surface area (Å²) in [5.74, 6) is 0.484. The fourth-order valence-corrected chi connectivity index (χ4v) is 1.79. The summed E-state index contributed by atoms with van der Waals surface area (Å²) in [6, 6.07) is 7.00. The van der Waals surface area contributed by atoms with Crippen molar-refractivity contribution in [3.63, 3.8) is 0 Å². The molecule has 0 saturated heterocycles. The molecule has 21 heavy (non-hydrogen) atoms. The van der Waals surface area contributed by atoms with Crippen LogP contribution in [-0.4, -0.2) is 43.7 Å². The predicted octanol–water partition coefficient (Wildman–Crippen LogP) is 1.78. The highest BCUT2D eigenvalue weighted by Gasteiger charge is 2.17. The molecule has 1 unspecified atom stereocenters. The van der Waals surface area contributed by atoms with Crippen molar-refractivity contribution in [3.8, 4) is 5.75 Å². The van der Waals surface area contributed by atoms with Gasteiger partial charge < -0.3 is 24.6 Å². The van der Waals surface area contributed by atoms with E-state index in [-0.39, 0.29) is 18.9 Å². The van der Waals surface area contributed by atoms with Crippen molar-refractivity contribution in [3.05, 3.63) is 24.3 Å². The van der Waals surface area contributed by atoms with Crippen LogP contribution in [0.15, 0.2) is 24.3 Å². The van der Waals surface area contributed by atoms with E-state index in [0.717, 1.165) is 5.75 Å². The van der Waals surface area contributed by atoms with Gasteiger partial charge in [0, 0.05) is 12.3 Å². The number of amides is 1. The molecule has 0 fully saturated rings. The maximum Gasteiger partial charge on any atom is 0.227 e. The van der Waals surface area contributed by atoms with E-state index in [0.29, 0.717) is 12.3 Å². The molecule has 1 amide bonds. The van der Waals surface area contributed by atoms with Gasteiger partial charge in [0.25, 0.3) is 0 Å². The number of anilines is 1. The molecule has 6 nitrogen and oxygen atoms in total. The molecule has 118 valence electrons. The van der Waals surface area contributed by atoms with Gasteiger partial charge in [-0.1, -0.05) is 0 Å². The molecular formula is C15H23NO5. The maximum absolute atomic E-state index is 11.9. The van der Waals surface area contributed by atoms with Gasteiger partial charge >= 0.3 is 0 Å². The number of hydrogen-bond acceptors (Lipinski definition) is 5. The predicted molar refractivity (Wildman–Crippen MR) is 79.3 cm³/mol. The van der Waals surface area contributed by atoms with E-state index in [1.54, 1.807) is 38.3 Å². The van der Waals surface area contributed by atoms with Crippen LogP contribution < -0.4 is 10.1 Å². The Morgan fingerprint density at radius 1 is 1.33 bits per heavy atom. The Balaban J connectivity index is 2.46. The first kappa shape index (κ1) is 17.4. The highest BCUT2D eigenvalue weighted by Crippen LogP contribution is 2.15. The number of rotatable bonds is 9. The monoisotopic (exact) mass is 297 g/mol. The van der Waals surface area contributed by atoms with E-state index < -0.39 is 12.4 Å². The Morgan fingerprint density at radius 2 is 2.00 bits per heavy atom. The Labute approximate surface area is 125 Å². The smallest absolute Gasteiger partial charge is 0.227 e. The fraction of sp³-hybridized carbons (Fsp3) is 0.533. The second-order valence-corrected chi connectivity index (χ2v) is 4.44. The van der Waals surface area contributed by atoms with Crippen LogP contribution in [0.25, 0.3) is 0 Å². The van der Waals surface area contributed by atoms with Crippen LogP contribution in [0.3, 0.4) is 0 Å². The van der Waals surface area contributed by atoms with Crippen molar-refractivity contribution in [2.45, 2.75) is 32.7 Å². The van der Waals surface area contributed by atoms with Gasteiger partial charge in [-0.05, 0) is 38.1 Å². The van der Waals surface area contributed by atoms with E-state index in [1.165, 1.54) is 0 Å². The van der Waals surface area contributed by atoms with E-state index in [2.05, 4.69) is 5.32 Å². The lowest BCUT2D eigenvalue weighted by molar-refractivity contribution is -0.168. The second-order valence-electron chi connectivity index (χ2n) is 4.44. The quantitative estimate of drug-likeness (QED) is 0.679. The van der Waals surface area contributed by atoms with Gasteiger partial charge in [-0.25, -0.2) is 0 Å². The molecule has 0 bridgehead atoms. The van der Waals surface area contributed by atoms with E-state index in [1.807, 2.05) is 6.92 Å². The lowest BCUT2D eigenvalue weighted by Gasteiger charge is -2.20. The first-order valence-corrected chi connectivity index (χ1v) is 6.90. The molecule has 0 aromatic heterocycles. The largest absolute Gasteiger partial charge is 0.497 e. The molecule has 2 atom stereocenters. The van der Waals surface area contributed by atoms with Crippen molar-refractivity contribution < 1.29 is 24.1 Å². The third-order valence-corrected chi connectivity index (χ3v) is 2.78. The van der Waals surface area contributed by atoms with Gasteiger partial charge in [-0.3, -0.25) is 4.79 Å². The summed E-state index contributed by atoms with van der Waals surface area (Å²) in [5, 5.41) is 12.0. The highest BCUT2D eigenvalue weighted by atomic mass is 16.7. The van der Waals surface area contributed by atoms with Crippen molar-refractivity contribution in [2.24, 2.45) is 0 Å². The van der Waals surface area contributed by atoms with Crippen LogP contribution in [0, 0.1) is 0 Å². The topological polar surface area (TPSA) is 77.0 Å². The summed E-state index contributed by atoms with van der Waals surface area (Å²) in [4.78, 5) is 11.9. The molecule has 0 aliphatic rings. The number of ether oxygens (including phenoxy) is 3. The van der Waals surface area contributed by atoms with E-state index in [4.69, 9.17) is 14.2 Å². The summed E-state index contributed by atoms with van der Waals surface area (Å²) in [6.07, 6.45) is -0.995. The van der Waals surface area contributed by atoms with Crippen LogP contribution in [0.5, 0.6) is 5.75 Å². The lowest BCUT2D eigenvalue weighted by Crippen LogP contribution is -2.29. The zero-order chi connectivity index (χ0) is 15.7. The molecule has 0 saturated carbocycles. The maximum atomic E-state index is 11.9. The molecule has 0 aliphatic carbocycles. The van der Waals surface area contributed by atoms with Crippen molar-refractivity contribution in [1.82, 2.24) is 0 Å². The number of hydrogen-bond donors (Lipinski definition) is 2. The zero-order valence-electron chi connectivity index (χ0n) is 12.7. The van der Waals surface area contributed by atoms with Gasteiger partial charge in [0.15, 0.2) is 6.29 Å².